The molecule has 1 atom stereocenters. The first-order chi connectivity index (χ1) is 9.08. The lowest BCUT2D eigenvalue weighted by molar-refractivity contribution is -0.138. The van der Waals surface area contributed by atoms with E-state index in [0.717, 1.165) is 5.56 Å². The Hall–Kier alpha value is -1.79. The van der Waals surface area contributed by atoms with Crippen molar-refractivity contribution >= 4 is 5.97 Å². The van der Waals surface area contributed by atoms with Gasteiger partial charge in [0.1, 0.15) is 0 Å². The molecule has 0 fully saturated rings. The quantitative estimate of drug-likeness (QED) is 0.766. The minimum atomic E-state index is -0.974. The molecule has 0 aliphatic heterocycles. The molecule has 0 heterocycles. The summed E-state index contributed by atoms with van der Waals surface area (Å²) in [5.74, 6) is -0.755. The summed E-state index contributed by atoms with van der Waals surface area (Å²) in [5, 5.41) is 9.15. The van der Waals surface area contributed by atoms with E-state index >= 15 is 0 Å². The highest BCUT2D eigenvalue weighted by Gasteiger charge is 2.22. The number of aliphatic carboxylic acids is 1. The van der Waals surface area contributed by atoms with Crippen molar-refractivity contribution in [1.82, 2.24) is 0 Å². The van der Waals surface area contributed by atoms with E-state index < -0.39 is 11.9 Å². The lowest BCUT2D eigenvalue weighted by Gasteiger charge is -2.17. The molecular weight excluding hydrogens is 250 g/mol. The number of nitrogens with two attached hydrogens (primary N) is 1. The highest BCUT2D eigenvalue weighted by atomic mass is 16.5. The molecule has 0 radical (unpaired) electrons. The Morgan fingerprint density at radius 2 is 2.00 bits per heavy atom. The maximum atomic E-state index is 11.2. The summed E-state index contributed by atoms with van der Waals surface area (Å²) in [7, 11) is 4.57. The average Bonchev–Trinajstić information content (AvgIpc) is 2.38. The molecule has 1 aromatic carbocycles. The highest BCUT2D eigenvalue weighted by molar-refractivity contribution is 5.77. The van der Waals surface area contributed by atoms with Crippen LogP contribution in [0.25, 0.3) is 0 Å². The number of carbonyl (C=O) groups is 1. The first-order valence-electron chi connectivity index (χ1n) is 5.75. The van der Waals surface area contributed by atoms with Gasteiger partial charge in [0.25, 0.3) is 0 Å². The van der Waals surface area contributed by atoms with E-state index in [4.69, 9.17) is 25.1 Å². The molecule has 0 saturated heterocycles. The van der Waals surface area contributed by atoms with Crippen molar-refractivity contribution in [2.75, 3.05) is 27.9 Å². The van der Waals surface area contributed by atoms with E-state index in [-0.39, 0.29) is 6.54 Å². The Bertz CT molecular complexity index is 447. The fourth-order valence-corrected chi connectivity index (χ4v) is 1.91. The number of hydrogen-bond acceptors (Lipinski definition) is 5. The Morgan fingerprint density at radius 1 is 1.32 bits per heavy atom. The van der Waals surface area contributed by atoms with Crippen LogP contribution in [0.15, 0.2) is 12.1 Å². The van der Waals surface area contributed by atoms with Crippen molar-refractivity contribution in [2.45, 2.75) is 12.5 Å². The first-order valence-corrected chi connectivity index (χ1v) is 5.75. The molecule has 0 aromatic heterocycles. The largest absolute Gasteiger partial charge is 0.493 e. The lowest BCUT2D eigenvalue weighted by atomic mass is 9.96. The molecule has 1 aromatic rings. The first kappa shape index (κ1) is 15.3. The van der Waals surface area contributed by atoms with Crippen LogP contribution in [0.5, 0.6) is 11.5 Å². The van der Waals surface area contributed by atoms with Crippen molar-refractivity contribution in [1.29, 1.82) is 0 Å². The van der Waals surface area contributed by atoms with Crippen molar-refractivity contribution < 1.29 is 24.1 Å². The van der Waals surface area contributed by atoms with Gasteiger partial charge in [-0.05, 0) is 17.7 Å². The van der Waals surface area contributed by atoms with Gasteiger partial charge in [-0.3, -0.25) is 4.79 Å². The zero-order valence-electron chi connectivity index (χ0n) is 11.3. The summed E-state index contributed by atoms with van der Waals surface area (Å²) >= 11 is 0. The number of benzene rings is 1. The summed E-state index contributed by atoms with van der Waals surface area (Å²) in [6.45, 7) is 0.307. The van der Waals surface area contributed by atoms with Crippen LogP contribution in [0.3, 0.4) is 0 Å². The zero-order chi connectivity index (χ0) is 14.4. The van der Waals surface area contributed by atoms with Crippen LogP contribution in [-0.4, -0.2) is 38.9 Å². The van der Waals surface area contributed by atoms with Crippen LogP contribution in [0.4, 0.5) is 0 Å². The molecule has 0 bridgehead atoms. The molecule has 6 heteroatoms. The lowest BCUT2D eigenvalue weighted by Crippen LogP contribution is -2.21. The summed E-state index contributed by atoms with van der Waals surface area (Å²) in [6.07, 6.45) is 0. The van der Waals surface area contributed by atoms with E-state index in [2.05, 4.69) is 0 Å². The summed E-state index contributed by atoms with van der Waals surface area (Å²) in [6, 6.07) is 3.35. The van der Waals surface area contributed by atoms with Crippen LogP contribution < -0.4 is 15.2 Å². The van der Waals surface area contributed by atoms with Gasteiger partial charge in [0.2, 0.25) is 0 Å². The number of rotatable bonds is 7. The van der Waals surface area contributed by atoms with E-state index in [1.807, 2.05) is 0 Å². The Labute approximate surface area is 112 Å². The maximum Gasteiger partial charge on any atom is 0.312 e. The Kier molecular flexibility index (Phi) is 5.59. The van der Waals surface area contributed by atoms with Crippen molar-refractivity contribution in [3.63, 3.8) is 0 Å². The third-order valence-corrected chi connectivity index (χ3v) is 2.81. The molecule has 1 unspecified atom stereocenters. The number of hydrogen-bond donors (Lipinski definition) is 2. The predicted octanol–water partition coefficient (Wildman–Crippen LogP) is 0.977. The summed E-state index contributed by atoms with van der Waals surface area (Å²) in [4.78, 5) is 11.2. The summed E-state index contributed by atoms with van der Waals surface area (Å²) in [5.41, 5.74) is 6.80. The number of carboxylic acids is 1. The fourth-order valence-electron chi connectivity index (χ4n) is 1.91. The minimum absolute atomic E-state index is 0.0111. The molecular formula is C13H19NO5. The second kappa shape index (κ2) is 6.96. The molecule has 0 saturated carbocycles. The highest BCUT2D eigenvalue weighted by Crippen LogP contribution is 2.35. The molecule has 1 rings (SSSR count). The van der Waals surface area contributed by atoms with Gasteiger partial charge in [-0.1, -0.05) is 0 Å². The van der Waals surface area contributed by atoms with Crippen LogP contribution in [0.2, 0.25) is 0 Å². The number of ether oxygens (including phenoxy) is 3. The summed E-state index contributed by atoms with van der Waals surface area (Å²) < 4.78 is 15.6. The van der Waals surface area contributed by atoms with Gasteiger partial charge in [0.15, 0.2) is 11.5 Å². The maximum absolute atomic E-state index is 11.2. The monoisotopic (exact) mass is 269 g/mol. The number of methoxy groups -OCH3 is 3. The molecule has 0 aliphatic rings. The van der Waals surface area contributed by atoms with E-state index in [9.17, 15) is 4.79 Å². The van der Waals surface area contributed by atoms with Gasteiger partial charge >= 0.3 is 5.97 Å². The second-order valence-corrected chi connectivity index (χ2v) is 3.98. The van der Waals surface area contributed by atoms with Gasteiger partial charge in [-0.15, -0.1) is 0 Å². The molecule has 3 N–H and O–H groups in total. The van der Waals surface area contributed by atoms with Gasteiger partial charge in [0.05, 0.1) is 26.7 Å². The van der Waals surface area contributed by atoms with E-state index in [1.165, 1.54) is 14.2 Å². The third kappa shape index (κ3) is 3.36. The van der Waals surface area contributed by atoms with Crippen LogP contribution in [-0.2, 0) is 16.1 Å². The minimum Gasteiger partial charge on any atom is -0.493 e. The van der Waals surface area contributed by atoms with Crippen LogP contribution in [0.1, 0.15) is 17.0 Å². The van der Waals surface area contributed by atoms with Crippen molar-refractivity contribution in [3.05, 3.63) is 23.3 Å². The standard InChI is InChI=1S/C13H19NO5/c1-17-7-9-4-8(10(6-14)13(15)16)5-11(18-2)12(9)19-3/h4-5,10H,6-7,14H2,1-3H3,(H,15,16). The van der Waals surface area contributed by atoms with Crippen molar-refractivity contribution in [2.24, 2.45) is 5.73 Å². The fraction of sp³-hybridized carbons (Fsp3) is 0.462. The van der Waals surface area contributed by atoms with Crippen molar-refractivity contribution in [3.8, 4) is 11.5 Å². The molecule has 6 nitrogen and oxygen atoms in total. The molecule has 0 spiro atoms. The smallest absolute Gasteiger partial charge is 0.312 e. The van der Waals surface area contributed by atoms with Gasteiger partial charge in [-0.2, -0.15) is 0 Å². The zero-order valence-corrected chi connectivity index (χ0v) is 11.3. The van der Waals surface area contributed by atoms with Gasteiger partial charge < -0.3 is 25.1 Å². The predicted molar refractivity (Wildman–Crippen MR) is 69.7 cm³/mol. The van der Waals surface area contributed by atoms with E-state index in [1.54, 1.807) is 19.2 Å². The Balaban J connectivity index is 3.34. The third-order valence-electron chi connectivity index (χ3n) is 2.81. The SMILES string of the molecule is COCc1cc(C(CN)C(=O)O)cc(OC)c1OC. The van der Waals surface area contributed by atoms with E-state index in [0.29, 0.717) is 23.7 Å². The molecule has 0 aliphatic carbocycles. The second-order valence-electron chi connectivity index (χ2n) is 3.98. The molecule has 0 amide bonds. The normalized spacial score (nSPS) is 12.0. The van der Waals surface area contributed by atoms with Crippen LogP contribution in [0, 0.1) is 0 Å². The number of carboxylic acid groups (broad SMARTS) is 1. The van der Waals surface area contributed by atoms with Crippen LogP contribution >= 0.6 is 0 Å². The average molecular weight is 269 g/mol. The Morgan fingerprint density at radius 3 is 2.42 bits per heavy atom. The molecule has 19 heavy (non-hydrogen) atoms. The van der Waals surface area contributed by atoms with Gasteiger partial charge in [0, 0.05) is 19.2 Å². The topological polar surface area (TPSA) is 91.0 Å². The van der Waals surface area contributed by atoms with Gasteiger partial charge in [-0.25, -0.2) is 0 Å². The molecule has 106 valence electrons.